The molecule has 2 nitrogen and oxygen atoms in total. The van der Waals surface area contributed by atoms with Crippen molar-refractivity contribution in [2.75, 3.05) is 0 Å². The van der Waals surface area contributed by atoms with Crippen LogP contribution in [0, 0.1) is 5.82 Å². The highest BCUT2D eigenvalue weighted by Gasteiger charge is 2.16. The Hall–Kier alpha value is -1.09. The summed E-state index contributed by atoms with van der Waals surface area (Å²) in [5, 5.41) is 3.37. The van der Waals surface area contributed by atoms with Crippen molar-refractivity contribution in [3.05, 3.63) is 29.6 Å². The van der Waals surface area contributed by atoms with Gasteiger partial charge in [-0.1, -0.05) is 18.9 Å². The Balaban J connectivity index is 1.95. The molecule has 0 aromatic heterocycles. The van der Waals surface area contributed by atoms with Crippen molar-refractivity contribution in [2.24, 2.45) is 0 Å². The minimum Gasteiger partial charge on any atom is -0.487 e. The number of hydrogen-bond acceptors (Lipinski definition) is 2. The number of nitrogens with one attached hydrogen (secondary N) is 1. The quantitative estimate of drug-likeness (QED) is 0.804. The molecule has 1 N–H and O–H groups in total. The average Bonchev–Trinajstić information content (AvgIpc) is 2.67. The molecule has 0 saturated heterocycles. The smallest absolute Gasteiger partial charge is 0.165 e. The average molecular weight is 293 g/mol. The van der Waals surface area contributed by atoms with Crippen molar-refractivity contribution >= 4 is 0 Å². The Labute approximate surface area is 128 Å². The second-order valence-electron chi connectivity index (χ2n) is 7.10. The van der Waals surface area contributed by atoms with E-state index in [1.165, 1.54) is 25.7 Å². The summed E-state index contributed by atoms with van der Waals surface area (Å²) in [4.78, 5) is 0. The third-order valence-electron chi connectivity index (χ3n) is 3.91. The van der Waals surface area contributed by atoms with E-state index < -0.39 is 0 Å². The van der Waals surface area contributed by atoms with Crippen LogP contribution in [0.2, 0.25) is 0 Å². The summed E-state index contributed by atoms with van der Waals surface area (Å²) in [5.74, 6) is 0.161. The number of halogens is 1. The fourth-order valence-electron chi connectivity index (χ4n) is 2.66. The number of benzene rings is 1. The molecule has 1 aliphatic rings. The molecule has 0 aliphatic heterocycles. The fourth-order valence-corrected chi connectivity index (χ4v) is 2.66. The van der Waals surface area contributed by atoms with E-state index in [0.29, 0.717) is 12.3 Å². The Morgan fingerprint density at radius 3 is 2.38 bits per heavy atom. The van der Waals surface area contributed by atoms with Gasteiger partial charge >= 0.3 is 0 Å². The zero-order chi connectivity index (χ0) is 15.3. The Bertz CT molecular complexity index is 445. The normalized spacial score (nSPS) is 17.5. The maximum absolute atomic E-state index is 14.2. The molecule has 0 radical (unpaired) electrons. The second kappa shape index (κ2) is 7.26. The summed E-state index contributed by atoms with van der Waals surface area (Å²) in [6, 6.07) is 5.32. The monoisotopic (exact) mass is 293 g/mol. The molecule has 0 spiro atoms. The largest absolute Gasteiger partial charge is 0.487 e. The van der Waals surface area contributed by atoms with Crippen LogP contribution in [0.1, 0.15) is 64.9 Å². The molecular formula is C18H28FNO. The first-order chi connectivity index (χ1) is 9.94. The molecule has 1 aromatic rings. The third kappa shape index (κ3) is 5.66. The minimum atomic E-state index is -0.243. The van der Waals surface area contributed by atoms with Gasteiger partial charge in [0, 0.05) is 12.1 Å². The van der Waals surface area contributed by atoms with Crippen LogP contribution in [0.25, 0.3) is 0 Å². The first-order valence-electron chi connectivity index (χ1n) is 8.14. The van der Waals surface area contributed by atoms with Gasteiger partial charge in [-0.2, -0.15) is 0 Å². The van der Waals surface area contributed by atoms with Crippen molar-refractivity contribution in [2.45, 2.75) is 77.5 Å². The Morgan fingerprint density at radius 1 is 1.14 bits per heavy atom. The van der Waals surface area contributed by atoms with Crippen LogP contribution in [0.15, 0.2) is 18.2 Å². The Morgan fingerprint density at radius 2 is 1.81 bits per heavy atom. The van der Waals surface area contributed by atoms with Gasteiger partial charge in [0.2, 0.25) is 0 Å². The van der Waals surface area contributed by atoms with E-state index in [4.69, 9.17) is 4.74 Å². The molecular weight excluding hydrogens is 265 g/mol. The van der Waals surface area contributed by atoms with Gasteiger partial charge in [0.05, 0.1) is 6.10 Å². The zero-order valence-electron chi connectivity index (χ0n) is 13.5. The predicted molar refractivity (Wildman–Crippen MR) is 85.1 cm³/mol. The van der Waals surface area contributed by atoms with Crippen LogP contribution in [-0.4, -0.2) is 11.6 Å². The maximum Gasteiger partial charge on any atom is 0.165 e. The standard InChI is InChI=1S/C18H28FNO/c1-18(2,3)20-13-14-10-11-17(16(19)12-14)21-15-8-6-4-5-7-9-15/h10-12,15,20H,4-9,13H2,1-3H3. The van der Waals surface area contributed by atoms with Gasteiger partial charge in [-0.3, -0.25) is 0 Å². The molecule has 1 aliphatic carbocycles. The van der Waals surface area contributed by atoms with E-state index in [-0.39, 0.29) is 17.5 Å². The predicted octanol–water partition coefficient (Wildman–Crippen LogP) is 4.82. The van der Waals surface area contributed by atoms with Crippen molar-refractivity contribution in [3.63, 3.8) is 0 Å². The summed E-state index contributed by atoms with van der Waals surface area (Å²) < 4.78 is 20.0. The van der Waals surface area contributed by atoms with Gasteiger partial charge in [0.25, 0.3) is 0 Å². The molecule has 21 heavy (non-hydrogen) atoms. The number of hydrogen-bond donors (Lipinski definition) is 1. The van der Waals surface area contributed by atoms with Gasteiger partial charge in [-0.15, -0.1) is 0 Å². The van der Waals surface area contributed by atoms with E-state index >= 15 is 0 Å². The molecule has 0 unspecified atom stereocenters. The molecule has 0 bridgehead atoms. The third-order valence-corrected chi connectivity index (χ3v) is 3.91. The molecule has 0 atom stereocenters. The van der Waals surface area contributed by atoms with Crippen LogP contribution in [0.5, 0.6) is 5.75 Å². The summed E-state index contributed by atoms with van der Waals surface area (Å²) >= 11 is 0. The van der Waals surface area contributed by atoms with E-state index in [1.807, 2.05) is 6.07 Å². The van der Waals surface area contributed by atoms with Crippen LogP contribution >= 0.6 is 0 Å². The minimum absolute atomic E-state index is 0.0337. The Kier molecular flexibility index (Phi) is 5.63. The fraction of sp³-hybridized carbons (Fsp3) is 0.667. The molecule has 1 aromatic carbocycles. The molecule has 3 heteroatoms. The first kappa shape index (κ1) is 16.3. The van der Waals surface area contributed by atoms with E-state index in [9.17, 15) is 4.39 Å². The SMILES string of the molecule is CC(C)(C)NCc1ccc(OC2CCCCCC2)c(F)c1. The summed E-state index contributed by atoms with van der Waals surface area (Å²) in [6.07, 6.45) is 7.22. The molecule has 0 amide bonds. The van der Waals surface area contributed by atoms with Crippen molar-refractivity contribution in [3.8, 4) is 5.75 Å². The topological polar surface area (TPSA) is 21.3 Å². The molecule has 0 heterocycles. The highest BCUT2D eigenvalue weighted by atomic mass is 19.1. The van der Waals surface area contributed by atoms with Crippen molar-refractivity contribution in [1.82, 2.24) is 5.32 Å². The second-order valence-corrected chi connectivity index (χ2v) is 7.10. The van der Waals surface area contributed by atoms with Crippen LogP contribution in [0.3, 0.4) is 0 Å². The van der Waals surface area contributed by atoms with Gasteiger partial charge in [-0.05, 0) is 64.2 Å². The molecule has 1 saturated carbocycles. The first-order valence-corrected chi connectivity index (χ1v) is 8.14. The summed E-state index contributed by atoms with van der Waals surface area (Å²) in [5.41, 5.74) is 0.988. The zero-order valence-corrected chi connectivity index (χ0v) is 13.5. The van der Waals surface area contributed by atoms with E-state index in [0.717, 1.165) is 18.4 Å². The molecule has 2 rings (SSSR count). The van der Waals surface area contributed by atoms with Gasteiger partial charge < -0.3 is 10.1 Å². The number of ether oxygens (including phenoxy) is 1. The summed E-state index contributed by atoms with van der Waals surface area (Å²) in [7, 11) is 0. The lowest BCUT2D eigenvalue weighted by Crippen LogP contribution is -2.35. The van der Waals surface area contributed by atoms with E-state index in [2.05, 4.69) is 26.1 Å². The van der Waals surface area contributed by atoms with Crippen LogP contribution < -0.4 is 10.1 Å². The lowest BCUT2D eigenvalue weighted by Gasteiger charge is -2.21. The lowest BCUT2D eigenvalue weighted by atomic mass is 10.1. The van der Waals surface area contributed by atoms with Crippen molar-refractivity contribution in [1.29, 1.82) is 0 Å². The highest BCUT2D eigenvalue weighted by molar-refractivity contribution is 5.29. The highest BCUT2D eigenvalue weighted by Crippen LogP contribution is 2.25. The van der Waals surface area contributed by atoms with Crippen molar-refractivity contribution < 1.29 is 9.13 Å². The van der Waals surface area contributed by atoms with Gasteiger partial charge in [0.1, 0.15) is 0 Å². The number of rotatable bonds is 4. The lowest BCUT2D eigenvalue weighted by molar-refractivity contribution is 0.176. The maximum atomic E-state index is 14.2. The van der Waals surface area contributed by atoms with Gasteiger partial charge in [0.15, 0.2) is 11.6 Å². The van der Waals surface area contributed by atoms with Crippen LogP contribution in [0.4, 0.5) is 4.39 Å². The molecule has 118 valence electrons. The van der Waals surface area contributed by atoms with Gasteiger partial charge in [-0.25, -0.2) is 4.39 Å². The molecule has 1 fully saturated rings. The van der Waals surface area contributed by atoms with E-state index in [1.54, 1.807) is 12.1 Å². The van der Waals surface area contributed by atoms with Crippen LogP contribution in [-0.2, 0) is 6.54 Å². The summed E-state index contributed by atoms with van der Waals surface area (Å²) in [6.45, 7) is 6.98.